The van der Waals surface area contributed by atoms with Gasteiger partial charge in [0.2, 0.25) is 0 Å². The molecule has 0 unspecified atom stereocenters. The molecular formula is C18H20N2O. The van der Waals surface area contributed by atoms with Crippen LogP contribution in [0.2, 0.25) is 0 Å². The van der Waals surface area contributed by atoms with E-state index in [1.54, 1.807) is 0 Å². The molecular weight excluding hydrogens is 260 g/mol. The minimum atomic E-state index is -0.181. The van der Waals surface area contributed by atoms with E-state index in [2.05, 4.69) is 17.5 Å². The van der Waals surface area contributed by atoms with E-state index < -0.39 is 0 Å². The average Bonchev–Trinajstić information content (AvgIpc) is 2.52. The van der Waals surface area contributed by atoms with Gasteiger partial charge in [0, 0.05) is 5.56 Å². The van der Waals surface area contributed by atoms with Crippen molar-refractivity contribution in [2.75, 3.05) is 0 Å². The number of aryl methyl sites for hydroxylation is 1. The molecule has 21 heavy (non-hydrogen) atoms. The van der Waals surface area contributed by atoms with Gasteiger partial charge < -0.3 is 0 Å². The van der Waals surface area contributed by atoms with Crippen molar-refractivity contribution in [1.29, 1.82) is 0 Å². The zero-order chi connectivity index (χ0) is 15.1. The van der Waals surface area contributed by atoms with E-state index in [9.17, 15) is 4.79 Å². The van der Waals surface area contributed by atoms with Crippen molar-refractivity contribution in [3.63, 3.8) is 0 Å². The van der Waals surface area contributed by atoms with Gasteiger partial charge in [-0.25, -0.2) is 5.43 Å². The van der Waals surface area contributed by atoms with E-state index in [4.69, 9.17) is 0 Å². The largest absolute Gasteiger partial charge is 0.271 e. The fraction of sp³-hybridized carbons (Fsp3) is 0.222. The number of hydrogen-bond donors (Lipinski definition) is 1. The highest BCUT2D eigenvalue weighted by Gasteiger charge is 2.06. The molecule has 0 spiro atoms. The van der Waals surface area contributed by atoms with Gasteiger partial charge in [-0.15, -0.1) is 0 Å². The van der Waals surface area contributed by atoms with E-state index in [1.165, 1.54) is 0 Å². The molecule has 0 saturated heterocycles. The molecule has 3 nitrogen and oxygen atoms in total. The topological polar surface area (TPSA) is 41.5 Å². The first-order valence-electron chi connectivity index (χ1n) is 7.19. The van der Waals surface area contributed by atoms with Crippen LogP contribution in [0, 0.1) is 6.92 Å². The van der Waals surface area contributed by atoms with Crippen LogP contribution < -0.4 is 5.43 Å². The monoisotopic (exact) mass is 280 g/mol. The Morgan fingerprint density at radius 3 is 2.29 bits per heavy atom. The number of hydrogen-bond acceptors (Lipinski definition) is 2. The normalized spacial score (nSPS) is 11.2. The maximum atomic E-state index is 12.1. The van der Waals surface area contributed by atoms with Crippen molar-refractivity contribution in [1.82, 2.24) is 5.43 Å². The lowest BCUT2D eigenvalue weighted by atomic mass is 10.1. The van der Waals surface area contributed by atoms with Crippen LogP contribution in [0.5, 0.6) is 0 Å². The Hall–Kier alpha value is -2.42. The number of benzene rings is 2. The third kappa shape index (κ3) is 4.28. The Kier molecular flexibility index (Phi) is 5.27. The van der Waals surface area contributed by atoms with Crippen molar-refractivity contribution in [2.24, 2.45) is 5.10 Å². The molecule has 0 fully saturated rings. The fourth-order valence-corrected chi connectivity index (χ4v) is 2.02. The maximum absolute atomic E-state index is 12.1. The number of rotatable bonds is 5. The summed E-state index contributed by atoms with van der Waals surface area (Å²) in [7, 11) is 0. The molecule has 0 bridgehead atoms. The van der Waals surface area contributed by atoms with Gasteiger partial charge in [-0.2, -0.15) is 5.10 Å². The minimum absolute atomic E-state index is 0.181. The summed E-state index contributed by atoms with van der Waals surface area (Å²) in [6.45, 7) is 4.09. The highest BCUT2D eigenvalue weighted by molar-refractivity contribution is 6.02. The van der Waals surface area contributed by atoms with Crippen molar-refractivity contribution >= 4 is 11.6 Å². The molecule has 0 atom stereocenters. The second kappa shape index (κ2) is 7.39. The van der Waals surface area contributed by atoms with Crippen LogP contribution in [-0.4, -0.2) is 11.6 Å². The second-order valence-corrected chi connectivity index (χ2v) is 4.98. The van der Waals surface area contributed by atoms with Gasteiger partial charge in [-0.3, -0.25) is 4.79 Å². The van der Waals surface area contributed by atoms with Crippen LogP contribution in [0.4, 0.5) is 0 Å². The molecule has 0 saturated carbocycles. The minimum Gasteiger partial charge on any atom is -0.267 e. The molecule has 1 N–H and O–H groups in total. The fourth-order valence-electron chi connectivity index (χ4n) is 2.02. The van der Waals surface area contributed by atoms with Crippen molar-refractivity contribution in [3.05, 3.63) is 71.3 Å². The van der Waals surface area contributed by atoms with Gasteiger partial charge in [0.05, 0.1) is 5.71 Å². The number of nitrogens with one attached hydrogen (secondary N) is 1. The molecule has 2 rings (SSSR count). The Morgan fingerprint density at radius 2 is 1.67 bits per heavy atom. The average molecular weight is 280 g/mol. The highest BCUT2D eigenvalue weighted by atomic mass is 16.2. The first-order valence-corrected chi connectivity index (χ1v) is 7.19. The van der Waals surface area contributed by atoms with E-state index in [0.29, 0.717) is 5.56 Å². The predicted molar refractivity (Wildman–Crippen MR) is 86.5 cm³/mol. The van der Waals surface area contributed by atoms with E-state index >= 15 is 0 Å². The van der Waals surface area contributed by atoms with E-state index in [-0.39, 0.29) is 5.91 Å². The lowest BCUT2D eigenvalue weighted by Crippen LogP contribution is -2.20. The standard InChI is InChI=1S/C18H20N2O/c1-3-7-17(15-8-5-4-6-9-15)19-20-18(21)16-12-10-14(2)11-13-16/h4-6,8-13H,3,7H2,1-2H3,(H,20,21). The van der Waals surface area contributed by atoms with Crippen LogP contribution >= 0.6 is 0 Å². The SMILES string of the molecule is CCCC(=NNC(=O)c1ccc(C)cc1)c1ccccc1. The lowest BCUT2D eigenvalue weighted by molar-refractivity contribution is 0.0955. The summed E-state index contributed by atoms with van der Waals surface area (Å²) in [5.74, 6) is -0.181. The number of amides is 1. The molecule has 0 radical (unpaired) electrons. The Bertz CT molecular complexity index is 615. The molecule has 2 aromatic carbocycles. The third-order valence-corrected chi connectivity index (χ3v) is 3.20. The summed E-state index contributed by atoms with van der Waals surface area (Å²) in [6, 6.07) is 17.4. The quantitative estimate of drug-likeness (QED) is 0.654. The number of hydrazone groups is 1. The molecule has 0 aliphatic rings. The molecule has 1 amide bonds. The van der Waals surface area contributed by atoms with Crippen LogP contribution in [-0.2, 0) is 0 Å². The Labute approximate surface area is 125 Å². The second-order valence-electron chi connectivity index (χ2n) is 4.98. The van der Waals surface area contributed by atoms with Crippen molar-refractivity contribution in [2.45, 2.75) is 26.7 Å². The molecule has 2 aromatic rings. The number of carbonyl (C=O) groups is 1. The molecule has 108 valence electrons. The van der Waals surface area contributed by atoms with Gasteiger partial charge in [0.15, 0.2) is 0 Å². The Balaban J connectivity index is 2.12. The molecule has 0 aromatic heterocycles. The zero-order valence-electron chi connectivity index (χ0n) is 12.5. The predicted octanol–water partition coefficient (Wildman–Crippen LogP) is 3.93. The lowest BCUT2D eigenvalue weighted by Gasteiger charge is -2.06. The summed E-state index contributed by atoms with van der Waals surface area (Å²) in [4.78, 5) is 12.1. The van der Waals surface area contributed by atoms with E-state index in [1.807, 2.05) is 61.5 Å². The highest BCUT2D eigenvalue weighted by Crippen LogP contribution is 2.07. The number of carbonyl (C=O) groups excluding carboxylic acids is 1. The van der Waals surface area contributed by atoms with Gasteiger partial charge in [-0.1, -0.05) is 61.4 Å². The maximum Gasteiger partial charge on any atom is 0.271 e. The zero-order valence-corrected chi connectivity index (χ0v) is 12.5. The molecule has 0 aliphatic heterocycles. The van der Waals surface area contributed by atoms with Crippen molar-refractivity contribution < 1.29 is 4.79 Å². The van der Waals surface area contributed by atoms with Gasteiger partial charge >= 0.3 is 0 Å². The molecule has 0 heterocycles. The summed E-state index contributed by atoms with van der Waals surface area (Å²) in [6.07, 6.45) is 1.81. The first-order chi connectivity index (χ1) is 10.2. The summed E-state index contributed by atoms with van der Waals surface area (Å²) in [5.41, 5.74) is 6.35. The molecule has 3 heteroatoms. The molecule has 0 aliphatic carbocycles. The number of nitrogens with zero attached hydrogens (tertiary/aromatic N) is 1. The Morgan fingerprint density at radius 1 is 1.00 bits per heavy atom. The smallest absolute Gasteiger partial charge is 0.267 e. The van der Waals surface area contributed by atoms with Gasteiger partial charge in [0.25, 0.3) is 5.91 Å². The summed E-state index contributed by atoms with van der Waals surface area (Å²) < 4.78 is 0. The van der Waals surface area contributed by atoms with Crippen LogP contribution in [0.15, 0.2) is 59.7 Å². The summed E-state index contributed by atoms with van der Waals surface area (Å²) in [5, 5.41) is 4.30. The van der Waals surface area contributed by atoms with Crippen LogP contribution in [0.1, 0.15) is 41.3 Å². The summed E-state index contributed by atoms with van der Waals surface area (Å²) >= 11 is 0. The third-order valence-electron chi connectivity index (χ3n) is 3.20. The van der Waals surface area contributed by atoms with Crippen molar-refractivity contribution in [3.8, 4) is 0 Å². The van der Waals surface area contributed by atoms with Gasteiger partial charge in [0.1, 0.15) is 0 Å². The first kappa shape index (κ1) is 15.0. The van der Waals surface area contributed by atoms with E-state index in [0.717, 1.165) is 29.7 Å². The van der Waals surface area contributed by atoms with Crippen LogP contribution in [0.25, 0.3) is 0 Å². The van der Waals surface area contributed by atoms with Gasteiger partial charge in [-0.05, 0) is 31.0 Å². The van der Waals surface area contributed by atoms with Crippen LogP contribution in [0.3, 0.4) is 0 Å².